The minimum atomic E-state index is -0.550. The van der Waals surface area contributed by atoms with Crippen LogP contribution in [0.25, 0.3) is 16.8 Å². The number of hydrogen-bond acceptors (Lipinski definition) is 5. The summed E-state index contributed by atoms with van der Waals surface area (Å²) in [6, 6.07) is 18.0. The second kappa shape index (κ2) is 11.0. The monoisotopic (exact) mass is 498 g/mol. The molecule has 2 amide bonds. The molecule has 0 atom stereocenters. The SMILES string of the molecule is C=CCc1cc(/C=C2\C(=O)NC(=S)N(CC=C)C2=O)cc(OC)c1OCc1ccc2ccccc2c1. The summed E-state index contributed by atoms with van der Waals surface area (Å²) >= 11 is 5.12. The van der Waals surface area contributed by atoms with Crippen molar-refractivity contribution in [3.05, 3.63) is 102 Å². The van der Waals surface area contributed by atoms with Crippen LogP contribution in [0.4, 0.5) is 0 Å². The van der Waals surface area contributed by atoms with E-state index in [1.54, 1.807) is 25.3 Å². The third-order valence-electron chi connectivity index (χ3n) is 5.74. The molecule has 0 saturated carbocycles. The molecule has 0 radical (unpaired) electrons. The van der Waals surface area contributed by atoms with Gasteiger partial charge in [0.1, 0.15) is 12.2 Å². The normalized spacial score (nSPS) is 14.6. The maximum Gasteiger partial charge on any atom is 0.265 e. The number of allylic oxidation sites excluding steroid dienone is 1. The average molecular weight is 499 g/mol. The third-order valence-corrected chi connectivity index (χ3v) is 6.07. The Morgan fingerprint density at radius 2 is 1.81 bits per heavy atom. The molecule has 0 bridgehead atoms. The Morgan fingerprint density at radius 1 is 1.03 bits per heavy atom. The van der Waals surface area contributed by atoms with E-state index in [-0.39, 0.29) is 17.2 Å². The number of carbonyl (C=O) groups is 2. The van der Waals surface area contributed by atoms with Crippen LogP contribution in [-0.2, 0) is 22.6 Å². The number of hydrogen-bond donors (Lipinski definition) is 1. The van der Waals surface area contributed by atoms with E-state index < -0.39 is 11.8 Å². The van der Waals surface area contributed by atoms with Gasteiger partial charge >= 0.3 is 0 Å². The van der Waals surface area contributed by atoms with Crippen LogP contribution in [0.2, 0.25) is 0 Å². The predicted octanol–water partition coefficient (Wildman–Crippen LogP) is 4.97. The van der Waals surface area contributed by atoms with Crippen molar-refractivity contribution < 1.29 is 19.1 Å². The van der Waals surface area contributed by atoms with Gasteiger partial charge in [-0.25, -0.2) is 0 Å². The molecule has 1 saturated heterocycles. The Bertz CT molecular complexity index is 1410. The molecule has 36 heavy (non-hydrogen) atoms. The number of thiocarbonyl (C=S) groups is 1. The Hall–Kier alpha value is -4.23. The molecule has 1 N–H and O–H groups in total. The molecular formula is C29H26N2O4S. The van der Waals surface area contributed by atoms with Gasteiger partial charge in [-0.2, -0.15) is 0 Å². The molecule has 1 aliphatic heterocycles. The number of methoxy groups -OCH3 is 1. The maximum atomic E-state index is 12.9. The van der Waals surface area contributed by atoms with Crippen molar-refractivity contribution in [2.45, 2.75) is 13.0 Å². The maximum absolute atomic E-state index is 12.9. The predicted molar refractivity (Wildman–Crippen MR) is 146 cm³/mol. The van der Waals surface area contributed by atoms with Gasteiger partial charge in [-0.05, 0) is 64.8 Å². The number of rotatable bonds is 9. The second-order valence-electron chi connectivity index (χ2n) is 8.20. The molecule has 6 nitrogen and oxygen atoms in total. The molecule has 3 aromatic rings. The Balaban J connectivity index is 1.66. The molecule has 1 aliphatic rings. The van der Waals surface area contributed by atoms with Gasteiger partial charge in [0.2, 0.25) is 0 Å². The first-order valence-corrected chi connectivity index (χ1v) is 11.8. The van der Waals surface area contributed by atoms with Crippen LogP contribution in [0.15, 0.2) is 85.5 Å². The van der Waals surface area contributed by atoms with Crippen molar-refractivity contribution in [3.63, 3.8) is 0 Å². The van der Waals surface area contributed by atoms with Crippen LogP contribution in [0.3, 0.4) is 0 Å². The van der Waals surface area contributed by atoms with E-state index in [0.29, 0.717) is 30.1 Å². The summed E-state index contributed by atoms with van der Waals surface area (Å²) in [6.45, 7) is 8.04. The van der Waals surface area contributed by atoms with E-state index in [1.807, 2.05) is 24.3 Å². The molecular weight excluding hydrogens is 472 g/mol. The molecule has 1 heterocycles. The number of benzene rings is 3. The van der Waals surface area contributed by atoms with Crippen molar-refractivity contribution in [3.8, 4) is 11.5 Å². The zero-order valence-corrected chi connectivity index (χ0v) is 20.8. The van der Waals surface area contributed by atoms with E-state index in [9.17, 15) is 9.59 Å². The highest BCUT2D eigenvalue weighted by Gasteiger charge is 2.32. The summed E-state index contributed by atoms with van der Waals surface area (Å²) in [5.74, 6) is 0.0430. The fraction of sp³-hybridized carbons (Fsp3) is 0.138. The lowest BCUT2D eigenvalue weighted by Crippen LogP contribution is -2.53. The van der Waals surface area contributed by atoms with Crippen LogP contribution in [0, 0.1) is 0 Å². The zero-order chi connectivity index (χ0) is 25.7. The van der Waals surface area contributed by atoms with Gasteiger partial charge in [-0.15, -0.1) is 13.2 Å². The lowest BCUT2D eigenvalue weighted by Gasteiger charge is -2.27. The summed E-state index contributed by atoms with van der Waals surface area (Å²) in [6.07, 6.45) is 5.34. The molecule has 0 aliphatic carbocycles. The number of nitrogens with one attached hydrogen (secondary N) is 1. The van der Waals surface area contributed by atoms with Gasteiger partial charge in [0.15, 0.2) is 16.6 Å². The summed E-state index contributed by atoms with van der Waals surface area (Å²) < 4.78 is 11.9. The molecule has 0 aromatic heterocycles. The molecule has 0 spiro atoms. The van der Waals surface area contributed by atoms with E-state index in [4.69, 9.17) is 21.7 Å². The average Bonchev–Trinajstić information content (AvgIpc) is 2.88. The van der Waals surface area contributed by atoms with Crippen molar-refractivity contribution in [2.75, 3.05) is 13.7 Å². The van der Waals surface area contributed by atoms with E-state index in [0.717, 1.165) is 21.9 Å². The van der Waals surface area contributed by atoms with Crippen LogP contribution in [-0.4, -0.2) is 35.5 Å². The largest absolute Gasteiger partial charge is 0.493 e. The van der Waals surface area contributed by atoms with Gasteiger partial charge < -0.3 is 9.47 Å². The summed E-state index contributed by atoms with van der Waals surface area (Å²) in [5.41, 5.74) is 2.43. The van der Waals surface area contributed by atoms with Gasteiger partial charge in [0, 0.05) is 12.1 Å². The number of nitrogens with zero attached hydrogens (tertiary/aromatic N) is 1. The quantitative estimate of drug-likeness (QED) is 0.195. The molecule has 3 aromatic carbocycles. The minimum absolute atomic E-state index is 0.0260. The topological polar surface area (TPSA) is 67.9 Å². The highest BCUT2D eigenvalue weighted by Crippen LogP contribution is 2.35. The van der Waals surface area contributed by atoms with E-state index in [1.165, 1.54) is 11.0 Å². The van der Waals surface area contributed by atoms with Gasteiger partial charge in [0.25, 0.3) is 11.8 Å². The summed E-state index contributed by atoms with van der Waals surface area (Å²) in [7, 11) is 1.55. The van der Waals surface area contributed by atoms with Crippen molar-refractivity contribution in [2.24, 2.45) is 0 Å². The second-order valence-corrected chi connectivity index (χ2v) is 8.58. The standard InChI is InChI=1S/C29H26N2O4S/c1-4-8-23-15-20(16-24-27(32)30-29(36)31(13-5-2)28(24)33)17-25(34-3)26(23)35-18-19-11-12-21-9-6-7-10-22(21)14-19/h4-7,9-12,14-17H,1-2,8,13,18H2,3H3,(H,30,32,36)/b24-16+. The zero-order valence-electron chi connectivity index (χ0n) is 20.0. The third kappa shape index (κ3) is 5.21. The summed E-state index contributed by atoms with van der Waals surface area (Å²) in [4.78, 5) is 26.7. The minimum Gasteiger partial charge on any atom is -0.493 e. The first-order chi connectivity index (χ1) is 17.4. The van der Waals surface area contributed by atoms with Gasteiger partial charge in [-0.1, -0.05) is 48.6 Å². The van der Waals surface area contributed by atoms with Crippen LogP contribution in [0.1, 0.15) is 16.7 Å². The molecule has 0 unspecified atom stereocenters. The van der Waals surface area contributed by atoms with Crippen molar-refractivity contribution >= 4 is 46.0 Å². The smallest absolute Gasteiger partial charge is 0.265 e. The Kier molecular flexibility index (Phi) is 7.61. The van der Waals surface area contributed by atoms with Gasteiger partial charge in [0.05, 0.1) is 7.11 Å². The van der Waals surface area contributed by atoms with Crippen molar-refractivity contribution in [1.82, 2.24) is 10.2 Å². The lowest BCUT2D eigenvalue weighted by atomic mass is 10.0. The first kappa shape index (κ1) is 24.9. The van der Waals surface area contributed by atoms with Gasteiger partial charge in [-0.3, -0.25) is 19.8 Å². The van der Waals surface area contributed by atoms with E-state index in [2.05, 4.69) is 42.7 Å². The molecule has 1 fully saturated rings. The first-order valence-electron chi connectivity index (χ1n) is 11.4. The Morgan fingerprint density at radius 3 is 2.53 bits per heavy atom. The van der Waals surface area contributed by atoms with Crippen LogP contribution in [0.5, 0.6) is 11.5 Å². The highest BCUT2D eigenvalue weighted by atomic mass is 32.1. The number of ether oxygens (including phenoxy) is 2. The summed E-state index contributed by atoms with van der Waals surface area (Å²) in [5, 5.41) is 4.92. The lowest BCUT2D eigenvalue weighted by molar-refractivity contribution is -0.128. The number of amides is 2. The fourth-order valence-electron chi connectivity index (χ4n) is 4.03. The molecule has 182 valence electrons. The van der Waals surface area contributed by atoms with Crippen LogP contribution >= 0.6 is 12.2 Å². The molecule has 7 heteroatoms. The fourth-order valence-corrected chi connectivity index (χ4v) is 4.28. The number of fused-ring (bicyclic) bond motifs is 1. The number of carbonyl (C=O) groups excluding carboxylic acids is 2. The van der Waals surface area contributed by atoms with Crippen LogP contribution < -0.4 is 14.8 Å². The molecule has 4 rings (SSSR count). The van der Waals surface area contributed by atoms with E-state index >= 15 is 0 Å². The highest BCUT2D eigenvalue weighted by molar-refractivity contribution is 7.80. The Labute approximate surface area is 215 Å². The van der Waals surface area contributed by atoms with Crippen molar-refractivity contribution in [1.29, 1.82) is 0 Å².